The highest BCUT2D eigenvalue weighted by molar-refractivity contribution is 7.71. The van der Waals surface area contributed by atoms with E-state index in [0.29, 0.717) is 4.77 Å². The van der Waals surface area contributed by atoms with Crippen LogP contribution in [-0.4, -0.2) is 16.7 Å². The van der Waals surface area contributed by atoms with Crippen LogP contribution in [0.2, 0.25) is 0 Å². The number of fused-ring (bicyclic) bond motifs is 1. The Hall–Kier alpha value is -2.01. The van der Waals surface area contributed by atoms with Crippen molar-refractivity contribution in [1.82, 2.24) is 9.55 Å². The van der Waals surface area contributed by atoms with E-state index < -0.39 is 0 Å². The van der Waals surface area contributed by atoms with E-state index in [9.17, 15) is 0 Å². The van der Waals surface area contributed by atoms with Crippen molar-refractivity contribution in [1.29, 1.82) is 0 Å². The number of furan rings is 1. The SMILES string of the molecule is COc1ccc2[nH]c(=S)n(C(C)c3ccc(C)o3)c2c1. The monoisotopic (exact) mass is 288 g/mol. The van der Waals surface area contributed by atoms with E-state index in [0.717, 1.165) is 28.3 Å². The standard InChI is InChI=1S/C15H16N2O2S/c1-9-4-7-14(19-9)10(2)17-13-8-11(18-3)5-6-12(13)16-15(17)20/h4-8,10H,1-3H3,(H,16,20). The average Bonchev–Trinajstić information content (AvgIpc) is 3.00. The van der Waals surface area contributed by atoms with Crippen LogP contribution in [0.5, 0.6) is 5.75 Å². The number of hydrogen-bond donors (Lipinski definition) is 1. The second kappa shape index (κ2) is 4.83. The van der Waals surface area contributed by atoms with Crippen molar-refractivity contribution in [3.63, 3.8) is 0 Å². The molecule has 20 heavy (non-hydrogen) atoms. The van der Waals surface area contributed by atoms with E-state index in [1.807, 2.05) is 41.8 Å². The summed E-state index contributed by atoms with van der Waals surface area (Å²) in [7, 11) is 1.66. The van der Waals surface area contributed by atoms with Gasteiger partial charge in [0.1, 0.15) is 17.3 Å². The number of nitrogens with one attached hydrogen (secondary N) is 1. The number of methoxy groups -OCH3 is 1. The molecule has 2 heterocycles. The number of H-pyrrole nitrogens is 1. The molecule has 1 aromatic carbocycles. The van der Waals surface area contributed by atoms with Gasteiger partial charge < -0.3 is 18.7 Å². The van der Waals surface area contributed by atoms with Crippen molar-refractivity contribution >= 4 is 23.3 Å². The van der Waals surface area contributed by atoms with Gasteiger partial charge in [0.05, 0.1) is 24.2 Å². The van der Waals surface area contributed by atoms with Gasteiger partial charge in [0.2, 0.25) is 0 Å². The van der Waals surface area contributed by atoms with Gasteiger partial charge in [0.15, 0.2) is 4.77 Å². The number of ether oxygens (including phenoxy) is 1. The van der Waals surface area contributed by atoms with E-state index in [1.165, 1.54) is 0 Å². The smallest absolute Gasteiger partial charge is 0.178 e. The fourth-order valence-corrected chi connectivity index (χ4v) is 2.78. The molecule has 0 fully saturated rings. The maximum absolute atomic E-state index is 5.72. The number of nitrogens with zero attached hydrogens (tertiary/aromatic N) is 1. The van der Waals surface area contributed by atoms with E-state index >= 15 is 0 Å². The van der Waals surface area contributed by atoms with Crippen molar-refractivity contribution in [2.45, 2.75) is 19.9 Å². The second-order valence-electron chi connectivity index (χ2n) is 4.81. The maximum Gasteiger partial charge on any atom is 0.178 e. The zero-order chi connectivity index (χ0) is 14.3. The maximum atomic E-state index is 5.72. The Morgan fingerprint density at radius 1 is 1.30 bits per heavy atom. The van der Waals surface area contributed by atoms with Gasteiger partial charge in [-0.2, -0.15) is 0 Å². The predicted octanol–water partition coefficient (Wildman–Crippen LogP) is 4.22. The number of aromatic amines is 1. The zero-order valence-corrected chi connectivity index (χ0v) is 12.5. The van der Waals surface area contributed by atoms with Gasteiger partial charge in [0.25, 0.3) is 0 Å². The number of hydrogen-bond acceptors (Lipinski definition) is 3. The molecule has 4 nitrogen and oxygen atoms in total. The third-order valence-corrected chi connectivity index (χ3v) is 3.78. The lowest BCUT2D eigenvalue weighted by Gasteiger charge is -2.12. The Morgan fingerprint density at radius 3 is 2.75 bits per heavy atom. The topological polar surface area (TPSA) is 43.1 Å². The number of rotatable bonds is 3. The lowest BCUT2D eigenvalue weighted by atomic mass is 10.2. The highest BCUT2D eigenvalue weighted by Gasteiger charge is 2.16. The van der Waals surface area contributed by atoms with Crippen LogP contribution in [0.4, 0.5) is 0 Å². The highest BCUT2D eigenvalue weighted by Crippen LogP contribution is 2.27. The minimum atomic E-state index is 0.0251. The minimum absolute atomic E-state index is 0.0251. The molecule has 0 amide bonds. The molecular formula is C15H16N2O2S. The van der Waals surface area contributed by atoms with Crippen LogP contribution in [0, 0.1) is 11.7 Å². The molecule has 0 saturated carbocycles. The highest BCUT2D eigenvalue weighted by atomic mass is 32.1. The summed E-state index contributed by atoms with van der Waals surface area (Å²) in [4.78, 5) is 3.22. The van der Waals surface area contributed by atoms with Crippen LogP contribution in [-0.2, 0) is 0 Å². The van der Waals surface area contributed by atoms with Gasteiger partial charge >= 0.3 is 0 Å². The van der Waals surface area contributed by atoms with Gasteiger partial charge in [-0.15, -0.1) is 0 Å². The third kappa shape index (κ3) is 2.04. The van der Waals surface area contributed by atoms with Gasteiger partial charge in [-0.1, -0.05) is 0 Å². The summed E-state index contributed by atoms with van der Waals surface area (Å²) >= 11 is 5.44. The molecular weight excluding hydrogens is 272 g/mol. The Bertz CT molecular complexity index is 813. The van der Waals surface area contributed by atoms with Crippen LogP contribution in [0.25, 0.3) is 11.0 Å². The van der Waals surface area contributed by atoms with Gasteiger partial charge in [-0.3, -0.25) is 0 Å². The molecule has 0 saturated heterocycles. The molecule has 104 valence electrons. The van der Waals surface area contributed by atoms with Crippen molar-refractivity contribution in [2.75, 3.05) is 7.11 Å². The molecule has 3 rings (SSSR count). The third-order valence-electron chi connectivity index (χ3n) is 3.49. The van der Waals surface area contributed by atoms with Crippen LogP contribution in [0.1, 0.15) is 24.5 Å². The average molecular weight is 288 g/mol. The van der Waals surface area contributed by atoms with Crippen LogP contribution in [0.3, 0.4) is 0 Å². The molecule has 1 unspecified atom stereocenters. The van der Waals surface area contributed by atoms with Gasteiger partial charge in [0, 0.05) is 6.07 Å². The minimum Gasteiger partial charge on any atom is -0.497 e. The molecule has 0 aliphatic heterocycles. The Labute approximate surface area is 122 Å². The fraction of sp³-hybridized carbons (Fsp3) is 0.267. The summed E-state index contributed by atoms with van der Waals surface area (Å²) in [6.07, 6.45) is 0. The summed E-state index contributed by atoms with van der Waals surface area (Å²) in [5.74, 6) is 2.60. The van der Waals surface area contributed by atoms with Crippen LogP contribution >= 0.6 is 12.2 Å². The van der Waals surface area contributed by atoms with Crippen molar-refractivity contribution in [2.24, 2.45) is 0 Å². The van der Waals surface area contributed by atoms with Crippen molar-refractivity contribution in [3.05, 3.63) is 46.6 Å². The van der Waals surface area contributed by atoms with E-state index in [2.05, 4.69) is 11.9 Å². The molecule has 0 spiro atoms. The lowest BCUT2D eigenvalue weighted by molar-refractivity contribution is 0.414. The van der Waals surface area contributed by atoms with Crippen molar-refractivity contribution < 1.29 is 9.15 Å². The Morgan fingerprint density at radius 2 is 2.10 bits per heavy atom. The Balaban J connectivity index is 2.19. The summed E-state index contributed by atoms with van der Waals surface area (Å²) in [6, 6.07) is 9.84. The quantitative estimate of drug-likeness (QED) is 0.734. The first-order valence-electron chi connectivity index (χ1n) is 6.44. The molecule has 5 heteroatoms. The Kier molecular flexibility index (Phi) is 3.14. The normalized spacial score (nSPS) is 12.8. The second-order valence-corrected chi connectivity index (χ2v) is 5.19. The molecule has 1 N–H and O–H groups in total. The number of aromatic nitrogens is 2. The molecule has 0 aliphatic rings. The summed E-state index contributed by atoms with van der Waals surface area (Å²) in [6.45, 7) is 4.01. The first-order valence-corrected chi connectivity index (χ1v) is 6.85. The zero-order valence-electron chi connectivity index (χ0n) is 11.6. The summed E-state index contributed by atoms with van der Waals surface area (Å²) in [5, 5.41) is 0. The molecule has 3 aromatic rings. The fourth-order valence-electron chi connectivity index (χ4n) is 2.42. The van der Waals surface area contributed by atoms with E-state index in [4.69, 9.17) is 21.4 Å². The molecule has 0 bridgehead atoms. The lowest BCUT2D eigenvalue weighted by Crippen LogP contribution is -2.05. The number of imidazole rings is 1. The first-order chi connectivity index (χ1) is 9.60. The largest absolute Gasteiger partial charge is 0.497 e. The van der Waals surface area contributed by atoms with Crippen molar-refractivity contribution in [3.8, 4) is 5.75 Å². The summed E-state index contributed by atoms with van der Waals surface area (Å²) in [5.41, 5.74) is 2.00. The molecule has 0 aliphatic carbocycles. The molecule has 0 radical (unpaired) electrons. The molecule has 1 atom stereocenters. The number of aryl methyl sites for hydroxylation is 1. The van der Waals surface area contributed by atoms with Gasteiger partial charge in [-0.05, 0) is 50.3 Å². The van der Waals surface area contributed by atoms with Gasteiger partial charge in [-0.25, -0.2) is 0 Å². The molecule has 2 aromatic heterocycles. The van der Waals surface area contributed by atoms with Crippen LogP contribution in [0.15, 0.2) is 34.7 Å². The number of benzene rings is 1. The van der Waals surface area contributed by atoms with E-state index in [1.54, 1.807) is 7.11 Å². The first kappa shape index (κ1) is 13.0. The van der Waals surface area contributed by atoms with Crippen LogP contribution < -0.4 is 4.74 Å². The van der Waals surface area contributed by atoms with E-state index in [-0.39, 0.29) is 6.04 Å². The summed E-state index contributed by atoms with van der Waals surface area (Å²) < 4.78 is 13.7. The predicted molar refractivity (Wildman–Crippen MR) is 80.9 cm³/mol.